The van der Waals surface area contributed by atoms with Crippen LogP contribution in [0.4, 0.5) is 4.79 Å². The molecule has 1 aromatic carbocycles. The lowest BCUT2D eigenvalue weighted by atomic mass is 10.2. The average Bonchev–Trinajstić information content (AvgIpc) is 2.31. The highest BCUT2D eigenvalue weighted by Gasteiger charge is 2.05. The number of nitrogens with two attached hydrogens (primary N) is 1. The van der Waals surface area contributed by atoms with Gasteiger partial charge in [0.2, 0.25) is 5.43 Å². The van der Waals surface area contributed by atoms with Crippen LogP contribution in [0, 0.1) is 0 Å². The van der Waals surface area contributed by atoms with Crippen molar-refractivity contribution < 1.29 is 9.21 Å². The second-order valence-electron chi connectivity index (χ2n) is 3.39. The van der Waals surface area contributed by atoms with Crippen LogP contribution in [0.15, 0.2) is 38.8 Å². The molecule has 0 aliphatic heterocycles. The van der Waals surface area contributed by atoms with E-state index in [1.54, 1.807) is 18.2 Å². The summed E-state index contributed by atoms with van der Waals surface area (Å²) in [4.78, 5) is 22.4. The Kier molecular flexibility index (Phi) is 3.29. The zero-order valence-corrected chi connectivity index (χ0v) is 9.77. The van der Waals surface area contributed by atoms with Gasteiger partial charge in [0.15, 0.2) is 0 Å². The molecule has 0 unspecified atom stereocenters. The maximum absolute atomic E-state index is 12.0. The molecule has 0 radical (unpaired) electrons. The highest BCUT2D eigenvalue weighted by atomic mass is 35.5. The number of fused-ring (bicyclic) bond motifs is 1. The summed E-state index contributed by atoms with van der Waals surface area (Å²) < 4.78 is 5.24. The zero-order valence-electron chi connectivity index (χ0n) is 9.01. The topological polar surface area (TPSA) is 97.7 Å². The number of urea groups is 1. The van der Waals surface area contributed by atoms with Crippen molar-refractivity contribution in [1.29, 1.82) is 0 Å². The van der Waals surface area contributed by atoms with Crippen molar-refractivity contribution in [3.05, 3.63) is 45.3 Å². The number of carbonyl (C=O) groups is 1. The molecule has 6 nitrogen and oxygen atoms in total. The summed E-state index contributed by atoms with van der Waals surface area (Å²) in [5, 5.41) is 4.34. The predicted molar refractivity (Wildman–Crippen MR) is 67.8 cm³/mol. The highest BCUT2D eigenvalue weighted by molar-refractivity contribution is 6.31. The third kappa shape index (κ3) is 2.49. The van der Waals surface area contributed by atoms with Gasteiger partial charge in [-0.25, -0.2) is 10.2 Å². The first-order valence-electron chi connectivity index (χ1n) is 4.87. The average molecular weight is 266 g/mol. The molecule has 0 atom stereocenters. The van der Waals surface area contributed by atoms with E-state index < -0.39 is 6.03 Å². The molecule has 1 aromatic heterocycles. The van der Waals surface area contributed by atoms with Crippen LogP contribution < -0.4 is 16.6 Å². The molecule has 0 aliphatic carbocycles. The van der Waals surface area contributed by atoms with Crippen LogP contribution in [0.5, 0.6) is 0 Å². The first-order chi connectivity index (χ1) is 8.58. The number of nitrogens with one attached hydrogen (secondary N) is 1. The fourth-order valence-corrected chi connectivity index (χ4v) is 1.53. The van der Waals surface area contributed by atoms with E-state index in [4.69, 9.17) is 21.8 Å². The second-order valence-corrected chi connectivity index (χ2v) is 3.83. The van der Waals surface area contributed by atoms with E-state index in [0.29, 0.717) is 16.0 Å². The molecule has 3 N–H and O–H groups in total. The normalized spacial score (nSPS) is 10.9. The van der Waals surface area contributed by atoms with Crippen molar-refractivity contribution in [2.75, 3.05) is 0 Å². The summed E-state index contributed by atoms with van der Waals surface area (Å²) in [5.41, 5.74) is 7.11. The Morgan fingerprint density at radius 1 is 1.50 bits per heavy atom. The SMILES string of the molecule is NC(=O)N/N=C\c1coc2cc(Cl)ccc2c1=O. The molecule has 0 spiro atoms. The lowest BCUT2D eigenvalue weighted by Crippen LogP contribution is -2.24. The van der Waals surface area contributed by atoms with Gasteiger partial charge >= 0.3 is 6.03 Å². The van der Waals surface area contributed by atoms with Crippen LogP contribution in [0.3, 0.4) is 0 Å². The van der Waals surface area contributed by atoms with Gasteiger partial charge in [0.05, 0.1) is 17.2 Å². The maximum atomic E-state index is 12.0. The minimum atomic E-state index is -0.816. The minimum absolute atomic E-state index is 0.193. The molecule has 0 bridgehead atoms. The summed E-state index contributed by atoms with van der Waals surface area (Å²) in [5.74, 6) is 0. The largest absolute Gasteiger partial charge is 0.463 e. The summed E-state index contributed by atoms with van der Waals surface area (Å²) >= 11 is 5.78. The van der Waals surface area contributed by atoms with Crippen molar-refractivity contribution in [3.8, 4) is 0 Å². The quantitative estimate of drug-likeness (QED) is 0.635. The second kappa shape index (κ2) is 4.89. The van der Waals surface area contributed by atoms with E-state index in [2.05, 4.69) is 5.10 Å². The van der Waals surface area contributed by atoms with Gasteiger partial charge in [0.1, 0.15) is 11.8 Å². The van der Waals surface area contributed by atoms with E-state index in [0.717, 1.165) is 6.21 Å². The monoisotopic (exact) mass is 265 g/mol. The van der Waals surface area contributed by atoms with E-state index in [1.807, 2.05) is 5.43 Å². The molecule has 0 saturated heterocycles. The zero-order chi connectivity index (χ0) is 13.1. The highest BCUT2D eigenvalue weighted by Crippen LogP contribution is 2.16. The Labute approximate surface area is 106 Å². The Morgan fingerprint density at radius 3 is 3.00 bits per heavy atom. The number of amides is 2. The number of nitrogens with zero attached hydrogens (tertiary/aromatic N) is 1. The molecule has 2 amide bonds. The first kappa shape index (κ1) is 12.1. The Morgan fingerprint density at radius 2 is 2.28 bits per heavy atom. The molecule has 0 saturated carbocycles. The molecular formula is C11H8ClN3O3. The number of primary amides is 1. The Bertz CT molecular complexity index is 693. The van der Waals surface area contributed by atoms with Gasteiger partial charge in [-0.3, -0.25) is 4.79 Å². The Hall–Kier alpha value is -2.34. The number of benzene rings is 1. The molecule has 0 aliphatic rings. The van der Waals surface area contributed by atoms with Gasteiger partial charge in [-0.2, -0.15) is 5.10 Å². The van der Waals surface area contributed by atoms with Gasteiger partial charge in [0, 0.05) is 11.1 Å². The van der Waals surface area contributed by atoms with Crippen molar-refractivity contribution >= 4 is 34.8 Å². The third-order valence-electron chi connectivity index (χ3n) is 2.14. The van der Waals surface area contributed by atoms with Crippen LogP contribution >= 0.6 is 11.6 Å². The molecule has 92 valence electrons. The molecular weight excluding hydrogens is 258 g/mol. The van der Waals surface area contributed by atoms with E-state index in [-0.39, 0.29) is 11.0 Å². The van der Waals surface area contributed by atoms with Crippen molar-refractivity contribution in [1.82, 2.24) is 5.43 Å². The van der Waals surface area contributed by atoms with Crippen LogP contribution in [0.1, 0.15) is 5.56 Å². The van der Waals surface area contributed by atoms with Crippen LogP contribution in [-0.2, 0) is 0 Å². The fraction of sp³-hybridized carbons (Fsp3) is 0. The molecule has 2 rings (SSSR count). The van der Waals surface area contributed by atoms with Crippen molar-refractivity contribution in [2.45, 2.75) is 0 Å². The van der Waals surface area contributed by atoms with Gasteiger partial charge < -0.3 is 10.2 Å². The third-order valence-corrected chi connectivity index (χ3v) is 2.38. The first-order valence-corrected chi connectivity index (χ1v) is 5.25. The van der Waals surface area contributed by atoms with Gasteiger partial charge in [0.25, 0.3) is 0 Å². The van der Waals surface area contributed by atoms with Gasteiger partial charge in [-0.05, 0) is 12.1 Å². The van der Waals surface area contributed by atoms with Crippen LogP contribution in [-0.4, -0.2) is 12.2 Å². The number of hydrogen-bond acceptors (Lipinski definition) is 4. The minimum Gasteiger partial charge on any atom is -0.463 e. The fourth-order valence-electron chi connectivity index (χ4n) is 1.37. The molecule has 1 heterocycles. The summed E-state index contributed by atoms with van der Waals surface area (Å²) in [6.07, 6.45) is 2.39. The lowest BCUT2D eigenvalue weighted by molar-refractivity contribution is 0.249. The summed E-state index contributed by atoms with van der Waals surface area (Å²) in [7, 11) is 0. The smallest absolute Gasteiger partial charge is 0.332 e. The Balaban J connectivity index is 2.45. The number of hydrazone groups is 1. The van der Waals surface area contributed by atoms with Gasteiger partial charge in [-0.1, -0.05) is 11.6 Å². The van der Waals surface area contributed by atoms with Crippen LogP contribution in [0.25, 0.3) is 11.0 Å². The van der Waals surface area contributed by atoms with Crippen molar-refractivity contribution in [3.63, 3.8) is 0 Å². The maximum Gasteiger partial charge on any atom is 0.332 e. The van der Waals surface area contributed by atoms with E-state index in [9.17, 15) is 9.59 Å². The lowest BCUT2D eigenvalue weighted by Gasteiger charge is -1.98. The number of carbonyl (C=O) groups excluding carboxylic acids is 1. The van der Waals surface area contributed by atoms with Crippen LogP contribution in [0.2, 0.25) is 5.02 Å². The predicted octanol–water partition coefficient (Wildman–Crippen LogP) is 1.45. The standard InChI is InChI=1S/C11H8ClN3O3/c12-7-1-2-8-9(3-7)18-5-6(10(8)16)4-14-15-11(13)17/h1-5H,(H3,13,15,17)/b14-4-. The number of rotatable bonds is 2. The number of hydrogen-bond donors (Lipinski definition) is 2. The van der Waals surface area contributed by atoms with Crippen molar-refractivity contribution in [2.24, 2.45) is 10.8 Å². The molecule has 2 aromatic rings. The summed E-state index contributed by atoms with van der Waals surface area (Å²) in [6, 6.07) is 3.87. The summed E-state index contributed by atoms with van der Waals surface area (Å²) in [6.45, 7) is 0. The number of halogens is 1. The molecule has 7 heteroatoms. The van der Waals surface area contributed by atoms with E-state index in [1.165, 1.54) is 6.26 Å². The van der Waals surface area contributed by atoms with Gasteiger partial charge in [-0.15, -0.1) is 0 Å². The molecule has 18 heavy (non-hydrogen) atoms. The van der Waals surface area contributed by atoms with E-state index >= 15 is 0 Å². The molecule has 0 fully saturated rings.